The van der Waals surface area contributed by atoms with Crippen LogP contribution < -0.4 is 0 Å². The summed E-state index contributed by atoms with van der Waals surface area (Å²) in [5.41, 5.74) is 4.23. The number of benzene rings is 2. The van der Waals surface area contributed by atoms with Gasteiger partial charge in [-0.25, -0.2) is 0 Å². The lowest BCUT2D eigenvalue weighted by Crippen LogP contribution is -2.10. The Kier molecular flexibility index (Phi) is 5.67. The molecule has 4 rings (SSSR count). The highest BCUT2D eigenvalue weighted by molar-refractivity contribution is 9.10. The molecule has 0 unspecified atom stereocenters. The SMILES string of the molecule is O=C1CCCc2ccc(Br)cc21.O=C1CCCc2ccc(Br)cc21. The van der Waals surface area contributed by atoms with Crippen molar-refractivity contribution in [3.05, 3.63) is 67.6 Å². The minimum Gasteiger partial charge on any atom is -0.294 e. The first-order valence-corrected chi connectivity index (χ1v) is 9.76. The molecular formula is C20H18Br2O2. The molecule has 0 saturated carbocycles. The number of rotatable bonds is 0. The molecule has 0 N–H and O–H groups in total. The molecule has 0 heterocycles. The normalized spacial score (nSPS) is 15.9. The van der Waals surface area contributed by atoms with Gasteiger partial charge in [-0.1, -0.05) is 44.0 Å². The average Bonchev–Trinajstić information content (AvgIpc) is 2.57. The van der Waals surface area contributed by atoms with Crippen molar-refractivity contribution in [3.63, 3.8) is 0 Å². The number of hydrogen-bond acceptors (Lipinski definition) is 2. The number of ketones is 2. The van der Waals surface area contributed by atoms with E-state index in [1.165, 1.54) is 11.1 Å². The van der Waals surface area contributed by atoms with Crippen LogP contribution in [0.4, 0.5) is 0 Å². The van der Waals surface area contributed by atoms with E-state index in [9.17, 15) is 9.59 Å². The first kappa shape index (κ1) is 17.6. The molecule has 0 spiro atoms. The van der Waals surface area contributed by atoms with Crippen LogP contribution in [0, 0.1) is 0 Å². The number of fused-ring (bicyclic) bond motifs is 2. The average molecular weight is 450 g/mol. The summed E-state index contributed by atoms with van der Waals surface area (Å²) in [4.78, 5) is 22.8. The molecule has 2 aliphatic carbocycles. The summed E-state index contributed by atoms with van der Waals surface area (Å²) in [6, 6.07) is 11.9. The lowest BCUT2D eigenvalue weighted by Gasteiger charge is -2.13. The Bertz CT molecular complexity index is 729. The molecule has 0 aliphatic heterocycles. The summed E-state index contributed by atoms with van der Waals surface area (Å²) >= 11 is 6.73. The monoisotopic (exact) mass is 448 g/mol. The van der Waals surface area contributed by atoms with Gasteiger partial charge in [0.05, 0.1) is 0 Å². The van der Waals surface area contributed by atoms with Gasteiger partial charge in [0.15, 0.2) is 11.6 Å². The van der Waals surface area contributed by atoms with Crippen molar-refractivity contribution in [1.82, 2.24) is 0 Å². The van der Waals surface area contributed by atoms with Crippen LogP contribution in [0.5, 0.6) is 0 Å². The maximum Gasteiger partial charge on any atom is 0.163 e. The zero-order valence-electron chi connectivity index (χ0n) is 13.3. The van der Waals surface area contributed by atoms with Gasteiger partial charge in [-0.3, -0.25) is 9.59 Å². The number of hydrogen-bond donors (Lipinski definition) is 0. The fraction of sp³-hybridized carbons (Fsp3) is 0.300. The van der Waals surface area contributed by atoms with Crippen LogP contribution >= 0.6 is 31.9 Å². The summed E-state index contributed by atoms with van der Waals surface area (Å²) in [6.07, 6.45) is 5.54. The highest BCUT2D eigenvalue weighted by Crippen LogP contribution is 2.25. The van der Waals surface area contributed by atoms with E-state index in [-0.39, 0.29) is 11.6 Å². The van der Waals surface area contributed by atoms with Crippen molar-refractivity contribution in [2.24, 2.45) is 0 Å². The molecule has 0 bridgehead atoms. The molecule has 2 aromatic rings. The van der Waals surface area contributed by atoms with Gasteiger partial charge in [-0.15, -0.1) is 0 Å². The third-order valence-corrected chi connectivity index (χ3v) is 5.43. The summed E-state index contributed by atoms with van der Waals surface area (Å²) in [6.45, 7) is 0. The number of halogens is 2. The van der Waals surface area contributed by atoms with E-state index in [0.717, 1.165) is 45.8 Å². The van der Waals surface area contributed by atoms with Crippen LogP contribution in [-0.4, -0.2) is 11.6 Å². The Morgan fingerprint density at radius 1 is 0.625 bits per heavy atom. The van der Waals surface area contributed by atoms with Gasteiger partial charge in [-0.2, -0.15) is 0 Å². The van der Waals surface area contributed by atoms with E-state index < -0.39 is 0 Å². The standard InChI is InChI=1S/2C10H9BrO/c2*11-8-5-4-7-2-1-3-10(12)9(7)6-8/h2*4-6H,1-3H2. The molecule has 0 aromatic heterocycles. The second kappa shape index (κ2) is 7.75. The van der Waals surface area contributed by atoms with Crippen molar-refractivity contribution in [1.29, 1.82) is 0 Å². The van der Waals surface area contributed by atoms with E-state index in [0.29, 0.717) is 12.8 Å². The topological polar surface area (TPSA) is 34.1 Å². The highest BCUT2D eigenvalue weighted by atomic mass is 79.9. The van der Waals surface area contributed by atoms with Crippen LogP contribution in [0.3, 0.4) is 0 Å². The smallest absolute Gasteiger partial charge is 0.163 e. The van der Waals surface area contributed by atoms with E-state index in [1.807, 2.05) is 36.4 Å². The van der Waals surface area contributed by atoms with Crippen molar-refractivity contribution in [3.8, 4) is 0 Å². The first-order chi connectivity index (χ1) is 11.5. The molecule has 2 nitrogen and oxygen atoms in total. The molecular weight excluding hydrogens is 432 g/mol. The van der Waals surface area contributed by atoms with E-state index in [1.54, 1.807) is 0 Å². The van der Waals surface area contributed by atoms with Gasteiger partial charge in [0, 0.05) is 32.9 Å². The van der Waals surface area contributed by atoms with Crippen LogP contribution in [0.2, 0.25) is 0 Å². The summed E-state index contributed by atoms with van der Waals surface area (Å²) < 4.78 is 1.99. The second-order valence-electron chi connectivity index (χ2n) is 6.16. The highest BCUT2D eigenvalue weighted by Gasteiger charge is 2.17. The van der Waals surface area contributed by atoms with E-state index in [4.69, 9.17) is 0 Å². The van der Waals surface area contributed by atoms with Gasteiger partial charge >= 0.3 is 0 Å². The van der Waals surface area contributed by atoms with Gasteiger partial charge in [0.25, 0.3) is 0 Å². The van der Waals surface area contributed by atoms with Crippen LogP contribution in [0.1, 0.15) is 57.5 Å². The zero-order chi connectivity index (χ0) is 17.1. The Balaban J connectivity index is 0.000000141. The Morgan fingerprint density at radius 3 is 1.46 bits per heavy atom. The Labute approximate surface area is 158 Å². The number of Topliss-reactive ketones (excluding diaryl/α,β-unsaturated/α-hetero) is 2. The third-order valence-electron chi connectivity index (χ3n) is 4.44. The molecule has 4 heteroatoms. The Morgan fingerprint density at radius 2 is 1.04 bits per heavy atom. The minimum atomic E-state index is 0.289. The molecule has 2 aliphatic rings. The van der Waals surface area contributed by atoms with Gasteiger partial charge < -0.3 is 0 Å². The Hall–Kier alpha value is -1.26. The molecule has 0 saturated heterocycles. The number of aryl methyl sites for hydroxylation is 2. The van der Waals surface area contributed by atoms with Crippen LogP contribution in [0.25, 0.3) is 0 Å². The largest absolute Gasteiger partial charge is 0.294 e. The number of carbonyl (C=O) groups is 2. The molecule has 124 valence electrons. The van der Waals surface area contributed by atoms with Crippen LogP contribution in [-0.2, 0) is 12.8 Å². The molecule has 24 heavy (non-hydrogen) atoms. The summed E-state index contributed by atoms with van der Waals surface area (Å²) in [5.74, 6) is 0.579. The maximum absolute atomic E-state index is 11.4. The zero-order valence-corrected chi connectivity index (χ0v) is 16.5. The summed E-state index contributed by atoms with van der Waals surface area (Å²) in [7, 11) is 0. The molecule has 0 atom stereocenters. The molecule has 0 radical (unpaired) electrons. The fourth-order valence-electron chi connectivity index (χ4n) is 3.20. The quantitative estimate of drug-likeness (QED) is 0.498. The van der Waals surface area contributed by atoms with E-state index >= 15 is 0 Å². The van der Waals surface area contributed by atoms with Crippen molar-refractivity contribution in [2.75, 3.05) is 0 Å². The molecule has 0 amide bonds. The van der Waals surface area contributed by atoms with Gasteiger partial charge in [-0.05, 0) is 61.1 Å². The van der Waals surface area contributed by atoms with Crippen LogP contribution in [0.15, 0.2) is 45.3 Å². The minimum absolute atomic E-state index is 0.289. The molecule has 2 aromatic carbocycles. The first-order valence-electron chi connectivity index (χ1n) is 8.18. The predicted molar refractivity (Wildman–Crippen MR) is 103 cm³/mol. The molecule has 0 fully saturated rings. The third kappa shape index (κ3) is 4.04. The summed E-state index contributed by atoms with van der Waals surface area (Å²) in [5, 5.41) is 0. The fourth-order valence-corrected chi connectivity index (χ4v) is 3.92. The van der Waals surface area contributed by atoms with Gasteiger partial charge in [0.2, 0.25) is 0 Å². The van der Waals surface area contributed by atoms with E-state index in [2.05, 4.69) is 31.9 Å². The predicted octanol–water partition coefficient (Wildman–Crippen LogP) is 5.94. The lowest BCUT2D eigenvalue weighted by atomic mass is 9.91. The van der Waals surface area contributed by atoms with Crippen molar-refractivity contribution in [2.45, 2.75) is 38.5 Å². The van der Waals surface area contributed by atoms with Crippen molar-refractivity contribution >= 4 is 43.4 Å². The number of carbonyl (C=O) groups excluding carboxylic acids is 2. The second-order valence-corrected chi connectivity index (χ2v) is 7.99. The van der Waals surface area contributed by atoms with Gasteiger partial charge in [0.1, 0.15) is 0 Å². The maximum atomic E-state index is 11.4. The lowest BCUT2D eigenvalue weighted by molar-refractivity contribution is 0.0964. The van der Waals surface area contributed by atoms with Crippen molar-refractivity contribution < 1.29 is 9.59 Å².